The lowest BCUT2D eigenvalue weighted by molar-refractivity contribution is 0.0946. The number of carbonyl (C=O) groups excluding carboxylic acids is 1. The smallest absolute Gasteiger partial charge is 0.251 e. The quantitative estimate of drug-likeness (QED) is 0.747. The van der Waals surface area contributed by atoms with Crippen molar-refractivity contribution < 1.29 is 4.79 Å². The maximum Gasteiger partial charge on any atom is 0.251 e. The van der Waals surface area contributed by atoms with Crippen LogP contribution in [-0.2, 0) is 0 Å². The van der Waals surface area contributed by atoms with E-state index in [2.05, 4.69) is 19.2 Å². The van der Waals surface area contributed by atoms with Gasteiger partial charge in [-0.05, 0) is 42.5 Å². The Morgan fingerprint density at radius 3 is 2.62 bits per heavy atom. The van der Waals surface area contributed by atoms with Crippen LogP contribution in [0.3, 0.4) is 0 Å². The molecule has 1 saturated carbocycles. The number of benzene rings is 1. The highest BCUT2D eigenvalue weighted by Gasteiger charge is 2.46. The van der Waals surface area contributed by atoms with E-state index in [1.807, 2.05) is 13.0 Å². The van der Waals surface area contributed by atoms with Gasteiger partial charge in [0.05, 0.1) is 0 Å². The van der Waals surface area contributed by atoms with E-state index < -0.39 is 0 Å². The lowest BCUT2D eigenvalue weighted by Gasteiger charge is -2.08. The second-order valence-corrected chi connectivity index (χ2v) is 5.29. The van der Waals surface area contributed by atoms with E-state index in [1.54, 1.807) is 12.1 Å². The van der Waals surface area contributed by atoms with Gasteiger partial charge < -0.3 is 11.1 Å². The average molecular weight is 218 g/mol. The van der Waals surface area contributed by atoms with Crippen LogP contribution < -0.4 is 11.1 Å². The summed E-state index contributed by atoms with van der Waals surface area (Å²) in [5.74, 6) is -0.00123. The summed E-state index contributed by atoms with van der Waals surface area (Å²) in [5.41, 5.74) is 8.34. The number of aryl methyl sites for hydroxylation is 1. The SMILES string of the molecule is Cc1cc(C(=O)NC2CC2(C)C)ccc1N. The number of rotatable bonds is 2. The summed E-state index contributed by atoms with van der Waals surface area (Å²) < 4.78 is 0. The van der Waals surface area contributed by atoms with Crippen molar-refractivity contribution in [1.82, 2.24) is 5.32 Å². The van der Waals surface area contributed by atoms with E-state index in [-0.39, 0.29) is 11.3 Å². The molecule has 3 N–H and O–H groups in total. The molecule has 3 nitrogen and oxygen atoms in total. The Balaban J connectivity index is 2.07. The molecule has 0 spiro atoms. The second kappa shape index (κ2) is 3.51. The maximum absolute atomic E-state index is 11.9. The molecule has 1 aliphatic carbocycles. The second-order valence-electron chi connectivity index (χ2n) is 5.29. The molecule has 86 valence electrons. The lowest BCUT2D eigenvalue weighted by Crippen LogP contribution is -2.28. The Hall–Kier alpha value is -1.51. The third-order valence-electron chi connectivity index (χ3n) is 3.35. The molecule has 0 radical (unpaired) electrons. The number of hydrogen-bond donors (Lipinski definition) is 2. The molecule has 0 bridgehead atoms. The molecule has 1 amide bonds. The summed E-state index contributed by atoms with van der Waals surface area (Å²) in [4.78, 5) is 11.9. The van der Waals surface area contributed by atoms with Crippen molar-refractivity contribution in [2.45, 2.75) is 33.2 Å². The van der Waals surface area contributed by atoms with Gasteiger partial charge in [-0.1, -0.05) is 13.8 Å². The van der Waals surface area contributed by atoms with Gasteiger partial charge in [-0.15, -0.1) is 0 Å². The summed E-state index contributed by atoms with van der Waals surface area (Å²) in [6.45, 7) is 6.23. The molecule has 16 heavy (non-hydrogen) atoms. The first-order valence-electron chi connectivity index (χ1n) is 5.57. The zero-order valence-electron chi connectivity index (χ0n) is 10.0. The molecular formula is C13H18N2O. The Kier molecular flexibility index (Phi) is 2.41. The average Bonchev–Trinajstić information content (AvgIpc) is 2.78. The molecule has 1 fully saturated rings. The van der Waals surface area contributed by atoms with Gasteiger partial charge in [-0.25, -0.2) is 0 Å². The van der Waals surface area contributed by atoms with Crippen molar-refractivity contribution >= 4 is 11.6 Å². The maximum atomic E-state index is 11.9. The minimum atomic E-state index is -0.00123. The Bertz CT molecular complexity index is 438. The molecule has 1 aromatic rings. The molecule has 1 aromatic carbocycles. The largest absolute Gasteiger partial charge is 0.399 e. The van der Waals surface area contributed by atoms with Crippen LogP contribution in [0.2, 0.25) is 0 Å². The lowest BCUT2D eigenvalue weighted by atomic mass is 10.1. The molecule has 2 rings (SSSR count). The zero-order valence-corrected chi connectivity index (χ0v) is 10.0. The highest BCUT2D eigenvalue weighted by Crippen LogP contribution is 2.44. The van der Waals surface area contributed by atoms with Crippen LogP contribution in [0.25, 0.3) is 0 Å². The van der Waals surface area contributed by atoms with Crippen molar-refractivity contribution in [2.24, 2.45) is 5.41 Å². The van der Waals surface area contributed by atoms with Gasteiger partial charge in [0.1, 0.15) is 0 Å². The van der Waals surface area contributed by atoms with Gasteiger partial charge in [0.2, 0.25) is 0 Å². The first-order valence-corrected chi connectivity index (χ1v) is 5.57. The molecule has 1 atom stereocenters. The minimum absolute atomic E-state index is 0.00123. The number of nitrogen functional groups attached to an aromatic ring is 1. The molecular weight excluding hydrogens is 200 g/mol. The fourth-order valence-electron chi connectivity index (χ4n) is 1.77. The number of anilines is 1. The number of hydrogen-bond acceptors (Lipinski definition) is 2. The summed E-state index contributed by atoms with van der Waals surface area (Å²) in [7, 11) is 0. The summed E-state index contributed by atoms with van der Waals surface area (Å²) >= 11 is 0. The van der Waals surface area contributed by atoms with Crippen molar-refractivity contribution in [3.05, 3.63) is 29.3 Å². The third-order valence-corrected chi connectivity index (χ3v) is 3.35. The normalized spacial score (nSPS) is 21.6. The topological polar surface area (TPSA) is 55.1 Å². The molecule has 0 heterocycles. The fourth-order valence-corrected chi connectivity index (χ4v) is 1.77. The first kappa shape index (κ1) is 11.0. The number of carbonyl (C=O) groups is 1. The predicted octanol–water partition coefficient (Wildman–Crippen LogP) is 2.11. The molecule has 3 heteroatoms. The molecule has 0 aromatic heterocycles. The van der Waals surface area contributed by atoms with Crippen molar-refractivity contribution in [1.29, 1.82) is 0 Å². The minimum Gasteiger partial charge on any atom is -0.399 e. The number of nitrogens with one attached hydrogen (secondary N) is 1. The van der Waals surface area contributed by atoms with Gasteiger partial charge in [0.15, 0.2) is 0 Å². The van der Waals surface area contributed by atoms with Crippen LogP contribution in [0.1, 0.15) is 36.2 Å². The molecule has 1 aliphatic rings. The summed E-state index contributed by atoms with van der Waals surface area (Å²) in [6, 6.07) is 5.70. The van der Waals surface area contributed by atoms with Gasteiger partial charge >= 0.3 is 0 Å². The standard InChI is InChI=1S/C13H18N2O/c1-8-6-9(4-5-10(8)14)12(16)15-11-7-13(11,2)3/h4-6,11H,7,14H2,1-3H3,(H,15,16). The van der Waals surface area contributed by atoms with Crippen LogP contribution >= 0.6 is 0 Å². The Morgan fingerprint density at radius 2 is 2.12 bits per heavy atom. The van der Waals surface area contributed by atoms with E-state index in [1.165, 1.54) is 0 Å². The number of nitrogens with two attached hydrogens (primary N) is 1. The highest BCUT2D eigenvalue weighted by atomic mass is 16.1. The molecule has 0 aliphatic heterocycles. The van der Waals surface area contributed by atoms with Gasteiger partial charge in [-0.2, -0.15) is 0 Å². The Morgan fingerprint density at radius 1 is 1.50 bits per heavy atom. The van der Waals surface area contributed by atoms with Crippen LogP contribution in [0.15, 0.2) is 18.2 Å². The Labute approximate surface area is 96.0 Å². The van der Waals surface area contributed by atoms with Crippen LogP contribution in [0, 0.1) is 12.3 Å². The van der Waals surface area contributed by atoms with E-state index in [4.69, 9.17) is 5.73 Å². The first-order chi connectivity index (χ1) is 7.40. The monoisotopic (exact) mass is 218 g/mol. The zero-order chi connectivity index (χ0) is 11.9. The fraction of sp³-hybridized carbons (Fsp3) is 0.462. The van der Waals surface area contributed by atoms with E-state index >= 15 is 0 Å². The van der Waals surface area contributed by atoms with E-state index in [9.17, 15) is 4.79 Å². The van der Waals surface area contributed by atoms with Gasteiger partial charge in [0.25, 0.3) is 5.91 Å². The van der Waals surface area contributed by atoms with Gasteiger partial charge in [0, 0.05) is 17.3 Å². The molecule has 0 saturated heterocycles. The van der Waals surface area contributed by atoms with Crippen LogP contribution in [-0.4, -0.2) is 11.9 Å². The summed E-state index contributed by atoms with van der Waals surface area (Å²) in [5, 5.41) is 3.03. The van der Waals surface area contributed by atoms with E-state index in [0.29, 0.717) is 11.6 Å². The van der Waals surface area contributed by atoms with Gasteiger partial charge in [-0.3, -0.25) is 4.79 Å². The van der Waals surface area contributed by atoms with Crippen LogP contribution in [0.5, 0.6) is 0 Å². The summed E-state index contributed by atoms with van der Waals surface area (Å²) in [6.07, 6.45) is 1.06. The molecule has 1 unspecified atom stereocenters. The number of amides is 1. The third kappa shape index (κ3) is 2.03. The van der Waals surface area contributed by atoms with Crippen molar-refractivity contribution in [3.63, 3.8) is 0 Å². The van der Waals surface area contributed by atoms with Crippen molar-refractivity contribution in [2.75, 3.05) is 5.73 Å². The predicted molar refractivity (Wildman–Crippen MR) is 65.2 cm³/mol. The highest BCUT2D eigenvalue weighted by molar-refractivity contribution is 5.95. The van der Waals surface area contributed by atoms with Crippen LogP contribution in [0.4, 0.5) is 5.69 Å². The van der Waals surface area contributed by atoms with Crippen molar-refractivity contribution in [3.8, 4) is 0 Å². The van der Waals surface area contributed by atoms with E-state index in [0.717, 1.165) is 17.7 Å².